The average Bonchev–Trinajstić information content (AvgIpc) is 2.54. The molecule has 0 saturated carbocycles. The Hall–Kier alpha value is -1.02. The minimum absolute atomic E-state index is 0. The van der Waals surface area contributed by atoms with Crippen molar-refractivity contribution in [3.63, 3.8) is 0 Å². The van der Waals surface area contributed by atoms with Crippen molar-refractivity contribution in [2.24, 2.45) is 10.7 Å². The van der Waals surface area contributed by atoms with Crippen molar-refractivity contribution in [2.45, 2.75) is 12.1 Å². The maximum atomic E-state index is 8.96. The average molecular weight is 245 g/mol. The number of nitriles is 1. The number of hydrogen-bond acceptors (Lipinski definition) is 4. The highest BCUT2D eigenvalue weighted by atomic mass is 35.5. The number of nitrogens with zero attached hydrogens (tertiary/aromatic N) is 3. The van der Waals surface area contributed by atoms with Gasteiger partial charge in [0.15, 0.2) is 0 Å². The Morgan fingerprint density at radius 3 is 3.00 bits per heavy atom. The molecule has 80 valence electrons. The molecular weight excluding hydrogens is 235 g/mol. The second-order valence-corrected chi connectivity index (χ2v) is 3.55. The van der Waals surface area contributed by atoms with Crippen LogP contribution in [-0.2, 0) is 0 Å². The molecule has 2 heterocycles. The predicted molar refractivity (Wildman–Crippen MR) is 61.8 cm³/mol. The monoisotopic (exact) mass is 244 g/mol. The van der Waals surface area contributed by atoms with Gasteiger partial charge in [0, 0.05) is 17.8 Å². The van der Waals surface area contributed by atoms with Crippen LogP contribution >= 0.6 is 24.0 Å². The minimum Gasteiger partial charge on any atom is -0.328 e. The molecule has 2 rings (SSSR count). The normalized spacial score (nSPS) is 27.4. The third-order valence-corrected chi connectivity index (χ3v) is 2.50. The molecule has 0 radical (unpaired) electrons. The third-order valence-electron chi connectivity index (χ3n) is 2.26. The number of nitrogens with two attached hydrogens (primary N) is 1. The molecule has 15 heavy (non-hydrogen) atoms. The molecule has 2 N–H and O–H groups in total. The molecule has 2 atom stereocenters. The molecule has 0 bridgehead atoms. The van der Waals surface area contributed by atoms with Crippen LogP contribution in [0.2, 0.25) is 0 Å². The molecule has 0 aliphatic carbocycles. The Balaban J connectivity index is 0.00000112. The molecule has 0 aromatic rings. The van der Waals surface area contributed by atoms with E-state index in [9.17, 15) is 0 Å². The van der Waals surface area contributed by atoms with Crippen molar-refractivity contribution in [3.8, 4) is 6.07 Å². The van der Waals surface area contributed by atoms with Gasteiger partial charge in [0.25, 0.3) is 0 Å². The first-order chi connectivity index (χ1) is 6.76. The fourth-order valence-corrected chi connectivity index (χ4v) is 1.72. The third kappa shape index (κ3) is 2.00. The maximum Gasteiger partial charge on any atom is 0.145 e. The fraction of sp³-hybridized carbons (Fsp3) is 0.333. The van der Waals surface area contributed by atoms with Gasteiger partial charge in [-0.3, -0.25) is 4.99 Å². The quantitative estimate of drug-likeness (QED) is 0.749. The van der Waals surface area contributed by atoms with E-state index < -0.39 is 0 Å². The Kier molecular flexibility index (Phi) is 3.75. The largest absolute Gasteiger partial charge is 0.328 e. The molecule has 0 aromatic heterocycles. The Morgan fingerprint density at radius 2 is 2.40 bits per heavy atom. The Labute approximate surface area is 99.1 Å². The summed E-state index contributed by atoms with van der Waals surface area (Å²) >= 11 is 5.82. The second kappa shape index (κ2) is 4.67. The molecule has 4 nitrogen and oxygen atoms in total. The molecule has 0 spiro atoms. The SMILES string of the molecule is Cl.N#CC1C(CN)N=C2C=C(Cl)C=CN21. The number of aliphatic imine (C=N–C) groups is 1. The molecule has 2 unspecified atom stereocenters. The number of amidine groups is 1. The van der Waals surface area contributed by atoms with Crippen molar-refractivity contribution in [3.05, 3.63) is 23.4 Å². The zero-order valence-corrected chi connectivity index (χ0v) is 9.37. The van der Waals surface area contributed by atoms with E-state index in [1.54, 1.807) is 23.3 Å². The lowest BCUT2D eigenvalue weighted by Gasteiger charge is -2.21. The van der Waals surface area contributed by atoms with Crippen molar-refractivity contribution in [1.29, 1.82) is 5.26 Å². The van der Waals surface area contributed by atoms with Gasteiger partial charge in [-0.25, -0.2) is 0 Å². The highest BCUT2D eigenvalue weighted by molar-refractivity contribution is 6.33. The van der Waals surface area contributed by atoms with E-state index in [-0.39, 0.29) is 24.5 Å². The first-order valence-electron chi connectivity index (χ1n) is 4.27. The van der Waals surface area contributed by atoms with Crippen molar-refractivity contribution in [2.75, 3.05) is 6.54 Å². The summed E-state index contributed by atoms with van der Waals surface area (Å²) in [6.45, 7) is 0.373. The number of hydrogen-bond donors (Lipinski definition) is 1. The van der Waals surface area contributed by atoms with E-state index in [1.807, 2.05) is 0 Å². The van der Waals surface area contributed by atoms with E-state index >= 15 is 0 Å². The van der Waals surface area contributed by atoms with Crippen molar-refractivity contribution < 1.29 is 0 Å². The Morgan fingerprint density at radius 1 is 1.67 bits per heavy atom. The van der Waals surface area contributed by atoms with Gasteiger partial charge in [-0.2, -0.15) is 5.26 Å². The minimum atomic E-state index is -0.299. The van der Waals surface area contributed by atoms with E-state index in [4.69, 9.17) is 22.6 Å². The van der Waals surface area contributed by atoms with Gasteiger partial charge in [0.05, 0.1) is 12.1 Å². The smallest absolute Gasteiger partial charge is 0.145 e. The second-order valence-electron chi connectivity index (χ2n) is 3.12. The molecule has 0 amide bonds. The summed E-state index contributed by atoms with van der Waals surface area (Å²) in [5, 5.41) is 9.58. The molecule has 6 heteroatoms. The summed E-state index contributed by atoms with van der Waals surface area (Å²) in [5.41, 5.74) is 5.53. The molecular formula is C9H10Cl2N4. The molecule has 0 saturated heterocycles. The number of halogens is 2. The van der Waals surface area contributed by atoms with Gasteiger partial charge in [0.2, 0.25) is 0 Å². The lowest BCUT2D eigenvalue weighted by Crippen LogP contribution is -2.38. The zero-order valence-electron chi connectivity index (χ0n) is 7.80. The summed E-state index contributed by atoms with van der Waals surface area (Å²) in [7, 11) is 0. The van der Waals surface area contributed by atoms with E-state index in [0.29, 0.717) is 11.6 Å². The van der Waals surface area contributed by atoms with Crippen molar-refractivity contribution >= 4 is 29.8 Å². The van der Waals surface area contributed by atoms with Gasteiger partial charge in [-0.1, -0.05) is 11.6 Å². The van der Waals surface area contributed by atoms with E-state index in [1.165, 1.54) is 0 Å². The van der Waals surface area contributed by atoms with Gasteiger partial charge in [0.1, 0.15) is 11.9 Å². The summed E-state index contributed by atoms with van der Waals surface area (Å²) in [4.78, 5) is 6.11. The molecule has 2 aliphatic rings. The first-order valence-corrected chi connectivity index (χ1v) is 4.65. The van der Waals surface area contributed by atoms with Crippen LogP contribution in [0.25, 0.3) is 0 Å². The van der Waals surface area contributed by atoms with Crippen LogP contribution in [0.15, 0.2) is 28.4 Å². The van der Waals surface area contributed by atoms with Crippen molar-refractivity contribution in [1.82, 2.24) is 4.90 Å². The molecule has 0 aromatic carbocycles. The highest BCUT2D eigenvalue weighted by Crippen LogP contribution is 2.23. The van der Waals surface area contributed by atoms with Crippen LogP contribution in [0.3, 0.4) is 0 Å². The van der Waals surface area contributed by atoms with Gasteiger partial charge in [-0.15, -0.1) is 12.4 Å². The lowest BCUT2D eigenvalue weighted by molar-refractivity contribution is 0.456. The highest BCUT2D eigenvalue weighted by Gasteiger charge is 2.34. The van der Waals surface area contributed by atoms with E-state index in [0.717, 1.165) is 5.84 Å². The summed E-state index contributed by atoms with van der Waals surface area (Å²) < 4.78 is 0. The standard InChI is InChI=1S/C9H9ClN4.ClH/c10-6-1-2-14-8(5-12)7(4-11)13-9(14)3-6;/h1-3,7-8H,4,11H2;1H. The summed E-state index contributed by atoms with van der Waals surface area (Å²) in [6.07, 6.45) is 5.25. The number of allylic oxidation sites excluding steroid dienone is 2. The van der Waals surface area contributed by atoms with Crippen LogP contribution in [0.5, 0.6) is 0 Å². The van der Waals surface area contributed by atoms with Crippen LogP contribution < -0.4 is 5.73 Å². The van der Waals surface area contributed by atoms with Gasteiger partial charge < -0.3 is 10.6 Å². The number of fused-ring (bicyclic) bond motifs is 1. The maximum absolute atomic E-state index is 8.96. The van der Waals surface area contributed by atoms with Crippen LogP contribution in [0.4, 0.5) is 0 Å². The van der Waals surface area contributed by atoms with Gasteiger partial charge >= 0.3 is 0 Å². The molecule has 0 fully saturated rings. The predicted octanol–water partition coefficient (Wildman–Crippen LogP) is 0.992. The van der Waals surface area contributed by atoms with Crippen LogP contribution in [-0.4, -0.2) is 29.4 Å². The topological polar surface area (TPSA) is 65.4 Å². The van der Waals surface area contributed by atoms with Crippen LogP contribution in [0, 0.1) is 11.3 Å². The Bertz CT molecular complexity index is 380. The lowest BCUT2D eigenvalue weighted by atomic mass is 10.1. The summed E-state index contributed by atoms with van der Waals surface area (Å²) in [5.74, 6) is 0.722. The fourth-order valence-electron chi connectivity index (χ4n) is 1.57. The number of rotatable bonds is 1. The molecule has 2 aliphatic heterocycles. The van der Waals surface area contributed by atoms with Crippen LogP contribution in [0.1, 0.15) is 0 Å². The first kappa shape index (κ1) is 12.1. The summed E-state index contributed by atoms with van der Waals surface area (Å²) in [6, 6.07) is 1.73. The van der Waals surface area contributed by atoms with E-state index in [2.05, 4.69) is 11.1 Å². The van der Waals surface area contributed by atoms with Gasteiger partial charge in [-0.05, 0) is 12.2 Å². The zero-order chi connectivity index (χ0) is 10.1.